The quantitative estimate of drug-likeness (QED) is 0.855. The fraction of sp³-hybridized carbons (Fsp3) is 0.316. The number of halogens is 2. The van der Waals surface area contributed by atoms with Crippen LogP contribution in [-0.2, 0) is 4.79 Å². The standard InChI is InChI=1S/C19H21ClFN3O/c20-15-1-7-18(8-2-15)24-13-11-23(12-14-24)10-9-19(25)22-17-5-3-16(21)4-6-17/h1-8H,9-14H2,(H,22,25)/p+1. The van der Waals surface area contributed by atoms with Crippen LogP contribution < -0.4 is 15.1 Å². The number of carbonyl (C=O) groups is 1. The van der Waals surface area contributed by atoms with E-state index in [1.165, 1.54) is 22.7 Å². The number of rotatable bonds is 5. The van der Waals surface area contributed by atoms with Crippen molar-refractivity contribution in [1.82, 2.24) is 0 Å². The average molecular weight is 363 g/mol. The molecule has 1 aliphatic rings. The van der Waals surface area contributed by atoms with Crippen LogP contribution in [0.25, 0.3) is 0 Å². The molecule has 0 aliphatic carbocycles. The lowest BCUT2D eigenvalue weighted by Gasteiger charge is -2.33. The van der Waals surface area contributed by atoms with Crippen molar-refractivity contribution in [1.29, 1.82) is 0 Å². The van der Waals surface area contributed by atoms with E-state index >= 15 is 0 Å². The lowest BCUT2D eigenvalue weighted by atomic mass is 10.2. The molecule has 0 bridgehead atoms. The van der Waals surface area contributed by atoms with Gasteiger partial charge in [-0.1, -0.05) is 11.6 Å². The Bertz CT molecular complexity index is 698. The van der Waals surface area contributed by atoms with Crippen molar-refractivity contribution in [3.05, 3.63) is 59.4 Å². The summed E-state index contributed by atoms with van der Waals surface area (Å²) >= 11 is 5.93. The summed E-state index contributed by atoms with van der Waals surface area (Å²) in [5.41, 5.74) is 1.83. The third-order valence-electron chi connectivity index (χ3n) is 4.50. The van der Waals surface area contributed by atoms with Crippen LogP contribution in [0.4, 0.5) is 15.8 Å². The van der Waals surface area contributed by atoms with Crippen LogP contribution in [0.3, 0.4) is 0 Å². The average Bonchev–Trinajstić information content (AvgIpc) is 2.63. The zero-order chi connectivity index (χ0) is 17.6. The molecule has 1 fully saturated rings. The lowest BCUT2D eigenvalue weighted by molar-refractivity contribution is -0.900. The van der Waals surface area contributed by atoms with Gasteiger partial charge in [-0.05, 0) is 48.5 Å². The number of benzene rings is 2. The van der Waals surface area contributed by atoms with Gasteiger partial charge in [0.15, 0.2) is 0 Å². The van der Waals surface area contributed by atoms with Crippen LogP contribution in [-0.4, -0.2) is 38.6 Å². The third kappa shape index (κ3) is 5.18. The Balaban J connectivity index is 1.40. The van der Waals surface area contributed by atoms with Gasteiger partial charge in [-0.25, -0.2) is 4.39 Å². The SMILES string of the molecule is O=C(CC[NH+]1CCN(c2ccc(Cl)cc2)CC1)Nc1ccc(F)cc1. The molecule has 0 saturated carbocycles. The van der Waals surface area contributed by atoms with Crippen LogP contribution in [0.2, 0.25) is 5.02 Å². The first kappa shape index (κ1) is 17.7. The summed E-state index contributed by atoms with van der Waals surface area (Å²) in [6.45, 7) is 4.76. The molecule has 132 valence electrons. The van der Waals surface area contributed by atoms with Crippen molar-refractivity contribution in [3.8, 4) is 0 Å². The fourth-order valence-electron chi connectivity index (χ4n) is 3.03. The minimum absolute atomic E-state index is 0.0285. The summed E-state index contributed by atoms with van der Waals surface area (Å²) < 4.78 is 12.9. The zero-order valence-electron chi connectivity index (χ0n) is 14.0. The molecule has 1 amide bonds. The molecule has 3 rings (SSSR count). The number of hydrogen-bond acceptors (Lipinski definition) is 2. The number of amides is 1. The van der Waals surface area contributed by atoms with Crippen molar-refractivity contribution in [2.75, 3.05) is 42.9 Å². The van der Waals surface area contributed by atoms with E-state index in [9.17, 15) is 9.18 Å². The molecule has 1 saturated heterocycles. The smallest absolute Gasteiger partial charge is 0.230 e. The summed E-state index contributed by atoms with van der Waals surface area (Å²) in [6, 6.07) is 13.8. The maximum Gasteiger partial charge on any atom is 0.230 e. The van der Waals surface area contributed by atoms with Gasteiger partial charge in [0, 0.05) is 16.4 Å². The van der Waals surface area contributed by atoms with E-state index in [0.717, 1.165) is 37.7 Å². The molecule has 2 aromatic carbocycles. The second-order valence-corrected chi connectivity index (χ2v) is 6.70. The summed E-state index contributed by atoms with van der Waals surface area (Å²) in [6.07, 6.45) is 0.466. The number of anilines is 2. The van der Waals surface area contributed by atoms with Crippen LogP contribution in [0.1, 0.15) is 6.42 Å². The minimum atomic E-state index is -0.305. The molecule has 25 heavy (non-hydrogen) atoms. The topological polar surface area (TPSA) is 36.8 Å². The zero-order valence-corrected chi connectivity index (χ0v) is 14.7. The lowest BCUT2D eigenvalue weighted by Crippen LogP contribution is -3.15. The van der Waals surface area contributed by atoms with Crippen molar-refractivity contribution in [2.24, 2.45) is 0 Å². The summed E-state index contributed by atoms with van der Waals surface area (Å²) in [7, 11) is 0. The molecule has 6 heteroatoms. The fourth-order valence-corrected chi connectivity index (χ4v) is 3.16. The van der Waals surface area contributed by atoms with E-state index < -0.39 is 0 Å². The first-order valence-corrected chi connectivity index (χ1v) is 8.87. The molecular weight excluding hydrogens is 341 g/mol. The molecule has 1 heterocycles. The number of quaternary nitrogens is 1. The number of piperazine rings is 1. The van der Waals surface area contributed by atoms with E-state index in [4.69, 9.17) is 11.6 Å². The molecule has 4 nitrogen and oxygen atoms in total. The van der Waals surface area contributed by atoms with Crippen LogP contribution >= 0.6 is 11.6 Å². The highest BCUT2D eigenvalue weighted by molar-refractivity contribution is 6.30. The number of nitrogens with one attached hydrogen (secondary N) is 2. The Labute approximate surface area is 152 Å². The highest BCUT2D eigenvalue weighted by Gasteiger charge is 2.20. The predicted octanol–water partition coefficient (Wildman–Crippen LogP) is 2.21. The number of hydrogen-bond donors (Lipinski definition) is 2. The molecule has 1 aliphatic heterocycles. The highest BCUT2D eigenvalue weighted by Crippen LogP contribution is 2.17. The Hall–Kier alpha value is -2.11. The monoisotopic (exact) mass is 362 g/mol. The molecule has 0 unspecified atom stereocenters. The Morgan fingerprint density at radius 3 is 2.36 bits per heavy atom. The van der Waals surface area contributed by atoms with Gasteiger partial charge < -0.3 is 15.1 Å². The second kappa shape index (κ2) is 8.32. The largest absolute Gasteiger partial charge is 0.360 e. The minimum Gasteiger partial charge on any atom is -0.360 e. The van der Waals surface area contributed by atoms with Crippen molar-refractivity contribution in [2.45, 2.75) is 6.42 Å². The van der Waals surface area contributed by atoms with E-state index in [1.807, 2.05) is 24.3 Å². The molecule has 0 aromatic heterocycles. The third-order valence-corrected chi connectivity index (χ3v) is 4.75. The maximum atomic E-state index is 12.9. The van der Waals surface area contributed by atoms with Crippen LogP contribution in [0, 0.1) is 5.82 Å². The highest BCUT2D eigenvalue weighted by atomic mass is 35.5. The first-order valence-electron chi connectivity index (χ1n) is 8.50. The van der Waals surface area contributed by atoms with Gasteiger partial charge in [-0.3, -0.25) is 4.79 Å². The van der Waals surface area contributed by atoms with Gasteiger partial charge in [-0.15, -0.1) is 0 Å². The van der Waals surface area contributed by atoms with E-state index in [-0.39, 0.29) is 11.7 Å². The molecule has 0 spiro atoms. The molecule has 0 atom stereocenters. The Morgan fingerprint density at radius 2 is 1.72 bits per heavy atom. The van der Waals surface area contributed by atoms with E-state index in [0.29, 0.717) is 12.1 Å². The maximum absolute atomic E-state index is 12.9. The van der Waals surface area contributed by atoms with Crippen molar-refractivity contribution < 1.29 is 14.1 Å². The van der Waals surface area contributed by atoms with Crippen molar-refractivity contribution >= 4 is 28.9 Å². The predicted molar refractivity (Wildman–Crippen MR) is 98.9 cm³/mol. The van der Waals surface area contributed by atoms with Gasteiger partial charge in [0.1, 0.15) is 5.82 Å². The van der Waals surface area contributed by atoms with Crippen LogP contribution in [0.15, 0.2) is 48.5 Å². The molecule has 2 N–H and O–H groups in total. The van der Waals surface area contributed by atoms with Gasteiger partial charge in [0.05, 0.1) is 39.1 Å². The Morgan fingerprint density at radius 1 is 1.08 bits per heavy atom. The van der Waals surface area contributed by atoms with Gasteiger partial charge >= 0.3 is 0 Å². The second-order valence-electron chi connectivity index (χ2n) is 6.27. The molecule has 0 radical (unpaired) electrons. The number of carbonyl (C=O) groups excluding carboxylic acids is 1. The normalized spacial score (nSPS) is 15.2. The van der Waals surface area contributed by atoms with Gasteiger partial charge in [0.2, 0.25) is 5.91 Å². The van der Waals surface area contributed by atoms with E-state index in [1.54, 1.807) is 12.1 Å². The van der Waals surface area contributed by atoms with Gasteiger partial charge in [0.25, 0.3) is 0 Å². The van der Waals surface area contributed by atoms with Gasteiger partial charge in [-0.2, -0.15) is 0 Å². The molecular formula is C19H22ClFN3O+. The summed E-state index contributed by atoms with van der Waals surface area (Å²) in [5.74, 6) is -0.333. The number of nitrogens with zero attached hydrogens (tertiary/aromatic N) is 1. The summed E-state index contributed by atoms with van der Waals surface area (Å²) in [5, 5.41) is 3.56. The van der Waals surface area contributed by atoms with Crippen molar-refractivity contribution in [3.63, 3.8) is 0 Å². The molecule has 2 aromatic rings. The first-order chi connectivity index (χ1) is 12.1. The van der Waals surface area contributed by atoms with E-state index in [2.05, 4.69) is 10.2 Å². The summed E-state index contributed by atoms with van der Waals surface area (Å²) in [4.78, 5) is 15.8. The Kier molecular flexibility index (Phi) is 5.89. The van der Waals surface area contributed by atoms with Crippen LogP contribution in [0.5, 0.6) is 0 Å².